The van der Waals surface area contributed by atoms with E-state index in [2.05, 4.69) is 22.4 Å². The second kappa shape index (κ2) is 3.75. The highest BCUT2D eigenvalue weighted by atomic mass is 35.5. The van der Waals surface area contributed by atoms with Crippen LogP contribution in [0.4, 0.5) is 0 Å². The molecule has 2 rings (SSSR count). The van der Waals surface area contributed by atoms with Gasteiger partial charge in [0.2, 0.25) is 5.28 Å². The van der Waals surface area contributed by atoms with E-state index in [1.807, 2.05) is 24.3 Å². The van der Waals surface area contributed by atoms with Gasteiger partial charge >= 0.3 is 0 Å². The molecule has 1 heterocycles. The van der Waals surface area contributed by atoms with Crippen LogP contribution in [-0.2, 0) is 6.42 Å². The van der Waals surface area contributed by atoms with Crippen molar-refractivity contribution in [1.82, 2.24) is 20.2 Å². The highest BCUT2D eigenvalue weighted by Gasteiger charge is 2.07. The molecule has 5 heteroatoms. The van der Waals surface area contributed by atoms with Crippen LogP contribution in [-0.4, -0.2) is 20.2 Å². The Kier molecular flexibility index (Phi) is 2.45. The van der Waals surface area contributed by atoms with E-state index in [1.165, 1.54) is 10.2 Å². The lowest BCUT2D eigenvalue weighted by molar-refractivity contribution is 0.781. The van der Waals surface area contributed by atoms with Crippen LogP contribution in [0, 0.1) is 0 Å². The fourth-order valence-corrected chi connectivity index (χ4v) is 1.50. The predicted molar refractivity (Wildman–Crippen MR) is 53.5 cm³/mol. The normalized spacial score (nSPS) is 10.4. The second-order valence-corrected chi connectivity index (χ2v) is 3.18. The van der Waals surface area contributed by atoms with E-state index in [-0.39, 0.29) is 5.28 Å². The van der Waals surface area contributed by atoms with Crippen LogP contribution in [0.3, 0.4) is 0 Å². The van der Waals surface area contributed by atoms with Crippen molar-refractivity contribution < 1.29 is 0 Å². The summed E-state index contributed by atoms with van der Waals surface area (Å²) in [7, 11) is 0. The summed E-state index contributed by atoms with van der Waals surface area (Å²) in [5, 5.41) is 11.2. The summed E-state index contributed by atoms with van der Waals surface area (Å²) in [6.45, 7) is 2.08. The first-order valence-corrected chi connectivity index (χ1v) is 4.73. The highest BCUT2D eigenvalue weighted by Crippen LogP contribution is 2.16. The van der Waals surface area contributed by atoms with Gasteiger partial charge in [-0.3, -0.25) is 0 Å². The van der Waals surface area contributed by atoms with Crippen molar-refractivity contribution in [3.63, 3.8) is 0 Å². The minimum Gasteiger partial charge on any atom is -0.183 e. The molecule has 0 unspecified atom stereocenters. The van der Waals surface area contributed by atoms with Crippen LogP contribution >= 0.6 is 11.6 Å². The maximum Gasteiger partial charge on any atom is 0.247 e. The number of hydrogen-bond acceptors (Lipinski definition) is 3. The number of benzene rings is 1. The Balaban J connectivity index is 2.56. The smallest absolute Gasteiger partial charge is 0.183 e. The molecule has 0 radical (unpaired) electrons. The summed E-state index contributed by atoms with van der Waals surface area (Å²) in [6, 6.07) is 7.90. The van der Waals surface area contributed by atoms with E-state index >= 15 is 0 Å². The molecule has 0 aliphatic carbocycles. The van der Waals surface area contributed by atoms with Crippen LogP contribution in [0.1, 0.15) is 12.5 Å². The molecule has 0 bridgehead atoms. The molecule has 1 aromatic heterocycles. The average Bonchev–Trinajstić information content (AvgIpc) is 2.64. The van der Waals surface area contributed by atoms with Crippen LogP contribution in [0.15, 0.2) is 24.3 Å². The standard InChI is InChI=1S/C9H9ClN4/c1-2-7-5-3-4-6-8(7)14-9(10)11-12-13-14/h3-6H,2H2,1H3. The van der Waals surface area contributed by atoms with Gasteiger partial charge in [-0.25, -0.2) is 0 Å². The van der Waals surface area contributed by atoms with E-state index in [0.29, 0.717) is 0 Å². The minimum atomic E-state index is 0.283. The van der Waals surface area contributed by atoms with Crippen molar-refractivity contribution in [2.24, 2.45) is 0 Å². The van der Waals surface area contributed by atoms with Gasteiger partial charge in [-0.15, -0.1) is 0 Å². The second-order valence-electron chi connectivity index (χ2n) is 2.84. The molecule has 1 aromatic carbocycles. The first-order chi connectivity index (χ1) is 6.83. The number of aryl methyl sites for hydroxylation is 1. The number of tetrazole rings is 1. The zero-order chi connectivity index (χ0) is 9.97. The fourth-order valence-electron chi connectivity index (χ4n) is 1.34. The first kappa shape index (κ1) is 9.15. The third-order valence-corrected chi connectivity index (χ3v) is 2.27. The first-order valence-electron chi connectivity index (χ1n) is 4.35. The number of para-hydroxylation sites is 1. The molecule has 14 heavy (non-hydrogen) atoms. The summed E-state index contributed by atoms with van der Waals surface area (Å²) >= 11 is 5.83. The zero-order valence-electron chi connectivity index (χ0n) is 7.68. The van der Waals surface area contributed by atoms with E-state index < -0.39 is 0 Å². The zero-order valence-corrected chi connectivity index (χ0v) is 8.44. The van der Waals surface area contributed by atoms with Crippen molar-refractivity contribution >= 4 is 11.6 Å². The summed E-state index contributed by atoms with van der Waals surface area (Å²) in [6.07, 6.45) is 0.923. The summed E-state index contributed by atoms with van der Waals surface area (Å²) in [4.78, 5) is 0. The predicted octanol–water partition coefficient (Wildman–Crippen LogP) is 1.88. The van der Waals surface area contributed by atoms with Gasteiger partial charge in [0, 0.05) is 0 Å². The lowest BCUT2D eigenvalue weighted by Crippen LogP contribution is -2.00. The largest absolute Gasteiger partial charge is 0.247 e. The molecular weight excluding hydrogens is 200 g/mol. The lowest BCUT2D eigenvalue weighted by Gasteiger charge is -2.05. The maximum absolute atomic E-state index is 5.83. The Morgan fingerprint density at radius 3 is 2.79 bits per heavy atom. The Labute approximate surface area is 86.5 Å². The molecule has 0 amide bonds. The Morgan fingerprint density at radius 2 is 2.14 bits per heavy atom. The third kappa shape index (κ3) is 1.48. The molecule has 72 valence electrons. The molecule has 0 aliphatic rings. The molecule has 0 aliphatic heterocycles. The van der Waals surface area contributed by atoms with Crippen LogP contribution in [0.5, 0.6) is 0 Å². The number of rotatable bonds is 2. The minimum absolute atomic E-state index is 0.283. The fraction of sp³-hybridized carbons (Fsp3) is 0.222. The van der Waals surface area contributed by atoms with Gasteiger partial charge in [0.25, 0.3) is 0 Å². The van der Waals surface area contributed by atoms with Crippen LogP contribution < -0.4 is 0 Å². The molecule has 2 aromatic rings. The molecule has 0 saturated carbocycles. The van der Waals surface area contributed by atoms with Gasteiger partial charge in [-0.2, -0.15) is 4.68 Å². The number of nitrogens with zero attached hydrogens (tertiary/aromatic N) is 4. The van der Waals surface area contributed by atoms with E-state index in [1.54, 1.807) is 0 Å². The number of halogens is 1. The molecule has 0 N–H and O–H groups in total. The van der Waals surface area contributed by atoms with Crippen molar-refractivity contribution in [3.05, 3.63) is 35.1 Å². The maximum atomic E-state index is 5.83. The lowest BCUT2D eigenvalue weighted by atomic mass is 10.1. The van der Waals surface area contributed by atoms with Crippen LogP contribution in [0.2, 0.25) is 5.28 Å². The molecule has 4 nitrogen and oxygen atoms in total. The van der Waals surface area contributed by atoms with E-state index in [4.69, 9.17) is 11.6 Å². The van der Waals surface area contributed by atoms with Gasteiger partial charge < -0.3 is 0 Å². The molecule has 0 saturated heterocycles. The SMILES string of the molecule is CCc1ccccc1-n1nnnc1Cl. The molecular formula is C9H9ClN4. The summed E-state index contributed by atoms with van der Waals surface area (Å²) < 4.78 is 1.53. The van der Waals surface area contributed by atoms with Crippen LogP contribution in [0.25, 0.3) is 5.69 Å². The Bertz CT molecular complexity index is 438. The van der Waals surface area contributed by atoms with Crippen molar-refractivity contribution in [2.75, 3.05) is 0 Å². The number of hydrogen-bond donors (Lipinski definition) is 0. The summed E-state index contributed by atoms with van der Waals surface area (Å²) in [5.74, 6) is 0. The van der Waals surface area contributed by atoms with E-state index in [0.717, 1.165) is 12.1 Å². The topological polar surface area (TPSA) is 43.6 Å². The average molecular weight is 209 g/mol. The third-order valence-electron chi connectivity index (χ3n) is 2.03. The summed E-state index contributed by atoms with van der Waals surface area (Å²) in [5.41, 5.74) is 2.10. The molecule has 0 spiro atoms. The Morgan fingerprint density at radius 1 is 1.36 bits per heavy atom. The molecule has 0 atom stereocenters. The van der Waals surface area contributed by atoms with Crippen molar-refractivity contribution in [1.29, 1.82) is 0 Å². The molecule has 0 fully saturated rings. The highest BCUT2D eigenvalue weighted by molar-refractivity contribution is 6.28. The number of aromatic nitrogens is 4. The monoisotopic (exact) mass is 208 g/mol. The van der Waals surface area contributed by atoms with Gasteiger partial charge in [0.1, 0.15) is 0 Å². The van der Waals surface area contributed by atoms with Crippen molar-refractivity contribution in [3.8, 4) is 5.69 Å². The van der Waals surface area contributed by atoms with Gasteiger partial charge in [-0.05, 0) is 40.1 Å². The van der Waals surface area contributed by atoms with E-state index in [9.17, 15) is 0 Å². The van der Waals surface area contributed by atoms with Gasteiger partial charge in [0.05, 0.1) is 5.69 Å². The Hall–Kier alpha value is -1.42. The quantitative estimate of drug-likeness (QED) is 0.757. The van der Waals surface area contributed by atoms with Crippen molar-refractivity contribution in [2.45, 2.75) is 13.3 Å². The van der Waals surface area contributed by atoms with Gasteiger partial charge in [0.15, 0.2) is 0 Å². The van der Waals surface area contributed by atoms with Gasteiger partial charge in [-0.1, -0.05) is 30.2 Å².